The molecular formula is C14H18N2O3S. The molecule has 1 N–H and O–H groups in total. The van der Waals surface area contributed by atoms with Gasteiger partial charge < -0.3 is 5.11 Å². The Bertz CT molecular complexity index is 623. The van der Waals surface area contributed by atoms with Gasteiger partial charge in [0, 0.05) is 13.1 Å². The Morgan fingerprint density at radius 2 is 1.90 bits per heavy atom. The quantitative estimate of drug-likeness (QED) is 0.901. The molecule has 0 radical (unpaired) electrons. The maximum Gasteiger partial charge on any atom is 0.218 e. The fourth-order valence-electron chi connectivity index (χ4n) is 2.10. The minimum Gasteiger partial charge on any atom is -0.387 e. The number of β-amino-alcohol motifs (C(OH)–C–C–N with tert-alkyl or cyclic N) is 1. The predicted molar refractivity (Wildman–Crippen MR) is 75.1 cm³/mol. The van der Waals surface area contributed by atoms with Crippen molar-refractivity contribution in [2.45, 2.75) is 25.2 Å². The molecule has 108 valence electrons. The van der Waals surface area contributed by atoms with Gasteiger partial charge in [-0.2, -0.15) is 9.57 Å². The van der Waals surface area contributed by atoms with E-state index >= 15 is 0 Å². The maximum absolute atomic E-state index is 12.2. The van der Waals surface area contributed by atoms with Crippen molar-refractivity contribution in [2.75, 3.05) is 13.1 Å². The standard InChI is InChI=1S/C14H18N2O3S/c1-11(2)14(17)9-16(10-14)20(18,19)8-13-5-3-12(7-15)4-6-13/h3-6,11,17H,8-10H2,1-2H3. The summed E-state index contributed by atoms with van der Waals surface area (Å²) in [6.45, 7) is 4.07. The topological polar surface area (TPSA) is 81.4 Å². The Labute approximate surface area is 119 Å². The molecule has 1 aromatic carbocycles. The Morgan fingerprint density at radius 3 is 2.35 bits per heavy atom. The molecule has 20 heavy (non-hydrogen) atoms. The number of rotatable bonds is 4. The third-order valence-electron chi connectivity index (χ3n) is 3.80. The van der Waals surface area contributed by atoms with Crippen LogP contribution in [0.3, 0.4) is 0 Å². The van der Waals surface area contributed by atoms with Gasteiger partial charge in [0.05, 0.1) is 23.0 Å². The molecule has 6 heteroatoms. The van der Waals surface area contributed by atoms with E-state index in [1.165, 1.54) is 4.31 Å². The molecule has 5 nitrogen and oxygen atoms in total. The van der Waals surface area contributed by atoms with Crippen LogP contribution in [0.25, 0.3) is 0 Å². The average molecular weight is 294 g/mol. The number of hydrogen-bond acceptors (Lipinski definition) is 4. The summed E-state index contributed by atoms with van der Waals surface area (Å²) in [5.74, 6) is -0.0729. The minimum absolute atomic E-state index is 0.0314. The van der Waals surface area contributed by atoms with Crippen LogP contribution in [-0.4, -0.2) is 36.5 Å². The Balaban J connectivity index is 2.04. The second-order valence-electron chi connectivity index (χ2n) is 5.59. The van der Waals surface area contributed by atoms with Gasteiger partial charge in [-0.15, -0.1) is 0 Å². The van der Waals surface area contributed by atoms with Crippen molar-refractivity contribution in [3.05, 3.63) is 35.4 Å². The van der Waals surface area contributed by atoms with Crippen molar-refractivity contribution in [1.82, 2.24) is 4.31 Å². The summed E-state index contributed by atoms with van der Waals surface area (Å²) in [6.07, 6.45) is 0. The fourth-order valence-corrected chi connectivity index (χ4v) is 3.74. The first-order valence-electron chi connectivity index (χ1n) is 6.46. The molecule has 0 bridgehead atoms. The molecule has 1 heterocycles. The van der Waals surface area contributed by atoms with Crippen LogP contribution >= 0.6 is 0 Å². The lowest BCUT2D eigenvalue weighted by Crippen LogP contribution is -2.65. The zero-order valence-electron chi connectivity index (χ0n) is 11.6. The molecule has 1 aromatic rings. The first-order valence-corrected chi connectivity index (χ1v) is 8.07. The van der Waals surface area contributed by atoms with Crippen LogP contribution < -0.4 is 0 Å². The van der Waals surface area contributed by atoms with Crippen LogP contribution in [0, 0.1) is 17.2 Å². The second kappa shape index (κ2) is 5.17. The van der Waals surface area contributed by atoms with Crippen molar-refractivity contribution >= 4 is 10.0 Å². The molecule has 0 spiro atoms. The summed E-state index contributed by atoms with van der Waals surface area (Å²) in [7, 11) is -3.41. The van der Waals surface area contributed by atoms with E-state index in [4.69, 9.17) is 5.26 Å². The third kappa shape index (κ3) is 2.85. The van der Waals surface area contributed by atoms with E-state index in [1.807, 2.05) is 19.9 Å². The molecule has 0 aromatic heterocycles. The monoisotopic (exact) mass is 294 g/mol. The van der Waals surface area contributed by atoms with Crippen molar-refractivity contribution in [1.29, 1.82) is 5.26 Å². The molecule has 0 aliphatic carbocycles. The molecule has 0 atom stereocenters. The minimum atomic E-state index is -3.41. The molecule has 0 saturated carbocycles. The smallest absolute Gasteiger partial charge is 0.218 e. The lowest BCUT2D eigenvalue weighted by molar-refractivity contribution is -0.0933. The van der Waals surface area contributed by atoms with Crippen molar-refractivity contribution in [3.63, 3.8) is 0 Å². The third-order valence-corrected chi connectivity index (χ3v) is 5.54. The first kappa shape index (κ1) is 15.0. The van der Waals surface area contributed by atoms with E-state index in [0.29, 0.717) is 11.1 Å². The van der Waals surface area contributed by atoms with Gasteiger partial charge in [0.2, 0.25) is 10.0 Å². The van der Waals surface area contributed by atoms with Crippen LogP contribution in [0.2, 0.25) is 0 Å². The average Bonchev–Trinajstić information content (AvgIpc) is 2.35. The fraction of sp³-hybridized carbons (Fsp3) is 0.500. The number of benzene rings is 1. The highest BCUT2D eigenvalue weighted by Gasteiger charge is 2.48. The molecule has 0 amide bonds. The van der Waals surface area contributed by atoms with Gasteiger partial charge in [-0.1, -0.05) is 26.0 Å². The van der Waals surface area contributed by atoms with Gasteiger partial charge in [0.15, 0.2) is 0 Å². The van der Waals surface area contributed by atoms with E-state index in [0.717, 1.165) is 0 Å². The van der Waals surface area contributed by atoms with E-state index in [9.17, 15) is 13.5 Å². The molecular weight excluding hydrogens is 276 g/mol. The van der Waals surface area contributed by atoms with Crippen LogP contribution in [0.1, 0.15) is 25.0 Å². The van der Waals surface area contributed by atoms with Crippen LogP contribution in [-0.2, 0) is 15.8 Å². The lowest BCUT2D eigenvalue weighted by Gasteiger charge is -2.47. The van der Waals surface area contributed by atoms with Crippen LogP contribution in [0.15, 0.2) is 24.3 Å². The zero-order valence-corrected chi connectivity index (χ0v) is 12.4. The highest BCUT2D eigenvalue weighted by molar-refractivity contribution is 7.88. The Morgan fingerprint density at radius 1 is 1.35 bits per heavy atom. The predicted octanol–water partition coefficient (Wildman–Crippen LogP) is 1.09. The van der Waals surface area contributed by atoms with E-state index in [1.54, 1.807) is 24.3 Å². The summed E-state index contributed by atoms with van der Waals surface area (Å²) in [6, 6.07) is 8.48. The van der Waals surface area contributed by atoms with E-state index < -0.39 is 15.6 Å². The number of nitriles is 1. The summed E-state index contributed by atoms with van der Waals surface area (Å²) in [4.78, 5) is 0. The van der Waals surface area contributed by atoms with Gasteiger partial charge in [-0.05, 0) is 23.6 Å². The van der Waals surface area contributed by atoms with Crippen molar-refractivity contribution in [3.8, 4) is 6.07 Å². The molecule has 1 fully saturated rings. The van der Waals surface area contributed by atoms with Gasteiger partial charge >= 0.3 is 0 Å². The van der Waals surface area contributed by atoms with Crippen molar-refractivity contribution < 1.29 is 13.5 Å². The first-order chi connectivity index (χ1) is 9.27. The number of sulfonamides is 1. The van der Waals surface area contributed by atoms with Gasteiger partial charge in [0.25, 0.3) is 0 Å². The summed E-state index contributed by atoms with van der Waals surface area (Å²) >= 11 is 0. The molecule has 0 unspecified atom stereocenters. The summed E-state index contributed by atoms with van der Waals surface area (Å²) < 4.78 is 25.7. The van der Waals surface area contributed by atoms with Gasteiger partial charge in [-0.3, -0.25) is 0 Å². The number of hydrogen-bond donors (Lipinski definition) is 1. The lowest BCUT2D eigenvalue weighted by atomic mass is 9.85. The number of nitrogens with zero attached hydrogens (tertiary/aromatic N) is 2. The molecule has 2 rings (SSSR count). The SMILES string of the molecule is CC(C)C1(O)CN(S(=O)(=O)Cc2ccc(C#N)cc2)C1. The highest BCUT2D eigenvalue weighted by Crippen LogP contribution is 2.31. The Kier molecular flexibility index (Phi) is 3.87. The van der Waals surface area contributed by atoms with E-state index in [-0.39, 0.29) is 24.8 Å². The second-order valence-corrected chi connectivity index (χ2v) is 7.56. The Hall–Kier alpha value is -1.42. The zero-order chi connectivity index (χ0) is 15.0. The summed E-state index contributed by atoms with van der Waals surface area (Å²) in [5.41, 5.74) is 0.242. The molecule has 1 aliphatic rings. The van der Waals surface area contributed by atoms with Crippen molar-refractivity contribution in [2.24, 2.45) is 5.92 Å². The molecule has 1 saturated heterocycles. The summed E-state index contributed by atoms with van der Waals surface area (Å²) in [5, 5.41) is 18.8. The highest BCUT2D eigenvalue weighted by atomic mass is 32.2. The van der Waals surface area contributed by atoms with Gasteiger partial charge in [0.1, 0.15) is 0 Å². The maximum atomic E-state index is 12.2. The largest absolute Gasteiger partial charge is 0.387 e. The van der Waals surface area contributed by atoms with Crippen LogP contribution in [0.5, 0.6) is 0 Å². The normalized spacial score (nSPS) is 18.6. The molecule has 1 aliphatic heterocycles. The number of aliphatic hydroxyl groups is 1. The van der Waals surface area contributed by atoms with E-state index in [2.05, 4.69) is 0 Å². The van der Waals surface area contributed by atoms with Gasteiger partial charge in [-0.25, -0.2) is 8.42 Å². The van der Waals surface area contributed by atoms with Crippen LogP contribution in [0.4, 0.5) is 0 Å².